The minimum Gasteiger partial charge on any atom is -0.321 e. The normalized spacial score (nSPS) is 29.4. The molecule has 0 aromatic rings. The van der Waals surface area contributed by atoms with E-state index in [0.29, 0.717) is 5.92 Å². The first-order valence-corrected chi connectivity index (χ1v) is 7.69. The van der Waals surface area contributed by atoms with Gasteiger partial charge < -0.3 is 5.73 Å². The van der Waals surface area contributed by atoms with Crippen LogP contribution in [0.15, 0.2) is 0 Å². The standard InChI is InChI=1S/C14H27NO.C2H6/c1-9(2)14(16)13(15)8-12-6-10(3)5-11(4)7-12;1-2/h9-13H,5-8,15H2,1-4H3;1-2H3. The molecular weight excluding hydrogens is 222 g/mol. The molecule has 1 aliphatic rings. The van der Waals surface area contributed by atoms with Crippen molar-refractivity contribution in [3.63, 3.8) is 0 Å². The van der Waals surface area contributed by atoms with Crippen LogP contribution in [0.5, 0.6) is 0 Å². The molecule has 0 amide bonds. The van der Waals surface area contributed by atoms with E-state index in [0.717, 1.165) is 18.3 Å². The first kappa shape index (κ1) is 17.6. The van der Waals surface area contributed by atoms with E-state index in [9.17, 15) is 4.79 Å². The molecule has 0 spiro atoms. The Kier molecular flexibility index (Phi) is 8.51. The van der Waals surface area contributed by atoms with Gasteiger partial charge in [-0.25, -0.2) is 0 Å². The lowest BCUT2D eigenvalue weighted by molar-refractivity contribution is -0.123. The van der Waals surface area contributed by atoms with Gasteiger partial charge in [-0.2, -0.15) is 0 Å². The van der Waals surface area contributed by atoms with E-state index in [2.05, 4.69) is 13.8 Å². The maximum absolute atomic E-state index is 11.8. The molecule has 2 heteroatoms. The molecule has 3 unspecified atom stereocenters. The van der Waals surface area contributed by atoms with Gasteiger partial charge >= 0.3 is 0 Å². The maximum atomic E-state index is 11.8. The van der Waals surface area contributed by atoms with E-state index < -0.39 is 0 Å². The van der Waals surface area contributed by atoms with Crippen LogP contribution in [-0.2, 0) is 4.79 Å². The monoisotopic (exact) mass is 255 g/mol. The van der Waals surface area contributed by atoms with E-state index in [1.807, 2.05) is 27.7 Å². The van der Waals surface area contributed by atoms with Crippen LogP contribution in [0.4, 0.5) is 0 Å². The molecule has 0 aliphatic heterocycles. The number of carbonyl (C=O) groups excluding carboxylic acids is 1. The summed E-state index contributed by atoms with van der Waals surface area (Å²) in [6, 6.07) is -0.234. The molecule has 18 heavy (non-hydrogen) atoms. The summed E-state index contributed by atoms with van der Waals surface area (Å²) in [6.07, 6.45) is 4.74. The first-order valence-electron chi connectivity index (χ1n) is 7.69. The van der Waals surface area contributed by atoms with Crippen molar-refractivity contribution in [3.05, 3.63) is 0 Å². The minimum absolute atomic E-state index is 0.0773. The summed E-state index contributed by atoms with van der Waals surface area (Å²) in [5.41, 5.74) is 5.99. The zero-order valence-corrected chi connectivity index (χ0v) is 13.2. The SMILES string of the molecule is CC.CC1CC(C)CC(CC(N)C(=O)C(C)C)C1. The van der Waals surface area contributed by atoms with Crippen LogP contribution in [0.3, 0.4) is 0 Å². The fourth-order valence-electron chi connectivity index (χ4n) is 3.21. The lowest BCUT2D eigenvalue weighted by Crippen LogP contribution is -2.37. The number of ketones is 1. The second-order valence-corrected chi connectivity index (χ2v) is 6.18. The number of rotatable bonds is 4. The summed E-state index contributed by atoms with van der Waals surface area (Å²) in [5, 5.41) is 0. The summed E-state index contributed by atoms with van der Waals surface area (Å²) in [5.74, 6) is 2.57. The summed E-state index contributed by atoms with van der Waals surface area (Å²) in [4.78, 5) is 11.8. The van der Waals surface area contributed by atoms with Gasteiger partial charge in [-0.15, -0.1) is 0 Å². The van der Waals surface area contributed by atoms with E-state index in [1.54, 1.807) is 0 Å². The van der Waals surface area contributed by atoms with E-state index in [-0.39, 0.29) is 17.7 Å². The predicted octanol–water partition coefficient (Wildman–Crippen LogP) is 4.03. The van der Waals surface area contributed by atoms with Gasteiger partial charge in [0.25, 0.3) is 0 Å². The largest absolute Gasteiger partial charge is 0.321 e. The molecule has 0 radical (unpaired) electrons. The third-order valence-corrected chi connectivity index (χ3v) is 3.80. The van der Waals surface area contributed by atoms with Crippen molar-refractivity contribution >= 4 is 5.78 Å². The molecule has 1 aliphatic carbocycles. The average Bonchev–Trinajstić information content (AvgIpc) is 2.29. The molecule has 3 atom stereocenters. The minimum atomic E-state index is -0.234. The second kappa shape index (κ2) is 8.68. The zero-order chi connectivity index (χ0) is 14.3. The van der Waals surface area contributed by atoms with Crippen molar-refractivity contribution in [3.8, 4) is 0 Å². The first-order chi connectivity index (χ1) is 8.40. The Hall–Kier alpha value is -0.370. The van der Waals surface area contributed by atoms with Crippen LogP contribution in [-0.4, -0.2) is 11.8 Å². The van der Waals surface area contributed by atoms with Gasteiger partial charge in [0.1, 0.15) is 0 Å². The smallest absolute Gasteiger partial charge is 0.152 e. The van der Waals surface area contributed by atoms with Crippen LogP contribution in [0.25, 0.3) is 0 Å². The summed E-state index contributed by atoms with van der Waals surface area (Å²) < 4.78 is 0. The van der Waals surface area contributed by atoms with Crippen LogP contribution in [0.1, 0.15) is 67.2 Å². The Bertz CT molecular complexity index is 227. The van der Waals surface area contributed by atoms with Crippen LogP contribution in [0, 0.1) is 23.7 Å². The number of hydrogen-bond donors (Lipinski definition) is 1. The average molecular weight is 255 g/mol. The zero-order valence-electron chi connectivity index (χ0n) is 13.2. The molecule has 1 rings (SSSR count). The molecular formula is C16H33NO. The number of nitrogens with two attached hydrogens (primary N) is 1. The summed E-state index contributed by atoms with van der Waals surface area (Å²) in [7, 11) is 0. The van der Waals surface area contributed by atoms with E-state index >= 15 is 0 Å². The Morgan fingerprint density at radius 3 is 1.94 bits per heavy atom. The highest BCUT2D eigenvalue weighted by atomic mass is 16.1. The van der Waals surface area contributed by atoms with Crippen molar-refractivity contribution in [1.29, 1.82) is 0 Å². The van der Waals surface area contributed by atoms with Crippen molar-refractivity contribution in [2.75, 3.05) is 0 Å². The quantitative estimate of drug-likeness (QED) is 0.824. The number of carbonyl (C=O) groups is 1. The Morgan fingerprint density at radius 1 is 1.11 bits per heavy atom. The Balaban J connectivity index is 0.00000137. The second-order valence-electron chi connectivity index (χ2n) is 6.18. The molecule has 1 saturated carbocycles. The fourth-order valence-corrected chi connectivity index (χ4v) is 3.21. The summed E-state index contributed by atoms with van der Waals surface area (Å²) in [6.45, 7) is 12.5. The number of Topliss-reactive ketones (excluding diaryl/α,β-unsaturated/α-hetero) is 1. The van der Waals surface area contributed by atoms with Gasteiger partial charge in [0.2, 0.25) is 0 Å². The van der Waals surface area contributed by atoms with Gasteiger partial charge in [0.05, 0.1) is 6.04 Å². The Morgan fingerprint density at radius 2 is 1.56 bits per heavy atom. The van der Waals surface area contributed by atoms with Gasteiger partial charge in [0.15, 0.2) is 5.78 Å². The molecule has 2 N–H and O–H groups in total. The Labute approximate surface area is 114 Å². The molecule has 2 nitrogen and oxygen atoms in total. The molecule has 108 valence electrons. The van der Waals surface area contributed by atoms with Gasteiger partial charge in [-0.1, -0.05) is 41.5 Å². The highest BCUT2D eigenvalue weighted by Gasteiger charge is 2.27. The third-order valence-electron chi connectivity index (χ3n) is 3.80. The molecule has 1 fully saturated rings. The van der Waals surface area contributed by atoms with Gasteiger partial charge in [0, 0.05) is 5.92 Å². The predicted molar refractivity (Wildman–Crippen MR) is 79.5 cm³/mol. The van der Waals surface area contributed by atoms with Crippen LogP contribution in [0.2, 0.25) is 0 Å². The number of hydrogen-bond acceptors (Lipinski definition) is 2. The maximum Gasteiger partial charge on any atom is 0.152 e. The lowest BCUT2D eigenvalue weighted by atomic mass is 9.74. The molecule has 0 saturated heterocycles. The lowest BCUT2D eigenvalue weighted by Gasteiger charge is -2.32. The van der Waals surface area contributed by atoms with Crippen molar-refractivity contribution in [1.82, 2.24) is 0 Å². The molecule has 0 heterocycles. The fraction of sp³-hybridized carbons (Fsp3) is 0.938. The molecule has 0 aromatic carbocycles. The van der Waals surface area contributed by atoms with Gasteiger partial charge in [-0.05, 0) is 43.4 Å². The highest BCUT2D eigenvalue weighted by molar-refractivity contribution is 5.85. The van der Waals surface area contributed by atoms with Crippen molar-refractivity contribution in [2.24, 2.45) is 29.4 Å². The van der Waals surface area contributed by atoms with E-state index in [4.69, 9.17) is 5.73 Å². The topological polar surface area (TPSA) is 43.1 Å². The third kappa shape index (κ3) is 5.99. The van der Waals surface area contributed by atoms with Crippen LogP contribution < -0.4 is 5.73 Å². The van der Waals surface area contributed by atoms with Crippen LogP contribution >= 0.6 is 0 Å². The summed E-state index contributed by atoms with van der Waals surface area (Å²) >= 11 is 0. The van der Waals surface area contributed by atoms with E-state index in [1.165, 1.54) is 19.3 Å². The van der Waals surface area contributed by atoms with Gasteiger partial charge in [-0.3, -0.25) is 4.79 Å². The molecule has 0 aromatic heterocycles. The van der Waals surface area contributed by atoms with Crippen molar-refractivity contribution in [2.45, 2.75) is 73.3 Å². The van der Waals surface area contributed by atoms with Crippen molar-refractivity contribution < 1.29 is 4.79 Å². The molecule has 0 bridgehead atoms. The highest BCUT2D eigenvalue weighted by Crippen LogP contribution is 2.35.